The molecule has 2 amide bonds. The minimum atomic E-state index is -0.345. The lowest BCUT2D eigenvalue weighted by Gasteiger charge is -2.61. The van der Waals surface area contributed by atoms with Crippen molar-refractivity contribution in [3.8, 4) is 11.5 Å². The van der Waals surface area contributed by atoms with Gasteiger partial charge >= 0.3 is 0 Å². The van der Waals surface area contributed by atoms with Crippen LogP contribution >= 0.6 is 0 Å². The topological polar surface area (TPSA) is 76.7 Å². The van der Waals surface area contributed by atoms with Gasteiger partial charge in [-0.15, -0.1) is 0 Å². The first kappa shape index (κ1) is 16.9. The Morgan fingerprint density at radius 3 is 2.67 bits per heavy atom. The van der Waals surface area contributed by atoms with Crippen LogP contribution in [0.25, 0.3) is 0 Å². The molecule has 4 saturated carbocycles. The van der Waals surface area contributed by atoms with Gasteiger partial charge in [-0.25, -0.2) is 0 Å². The van der Waals surface area contributed by atoms with Gasteiger partial charge in [0.05, 0.1) is 5.41 Å². The number of nitrogens with one attached hydrogen (secondary N) is 2. The van der Waals surface area contributed by atoms with E-state index in [1.165, 1.54) is 6.42 Å². The summed E-state index contributed by atoms with van der Waals surface area (Å²) >= 11 is 0. The van der Waals surface area contributed by atoms with Crippen molar-refractivity contribution in [1.29, 1.82) is 0 Å². The molecule has 2 unspecified atom stereocenters. The SMILES string of the molecule is CC(=O)NC12CC3CC(C1)CC(C(=O)NCc1cccc4c1OCO4)(C3)C2. The number of para-hydroxylation sites is 1. The second-order valence-electron chi connectivity index (χ2n) is 9.04. The maximum absolute atomic E-state index is 13.3. The van der Waals surface area contributed by atoms with E-state index in [0.29, 0.717) is 18.4 Å². The molecule has 144 valence electrons. The Morgan fingerprint density at radius 2 is 1.93 bits per heavy atom. The molecule has 1 aliphatic heterocycles. The third-order valence-corrected chi connectivity index (χ3v) is 6.90. The summed E-state index contributed by atoms with van der Waals surface area (Å²) in [7, 11) is 0. The average molecular weight is 370 g/mol. The Morgan fingerprint density at radius 1 is 1.15 bits per heavy atom. The largest absolute Gasteiger partial charge is 0.454 e. The quantitative estimate of drug-likeness (QED) is 0.854. The van der Waals surface area contributed by atoms with Gasteiger partial charge in [-0.1, -0.05) is 12.1 Å². The molecule has 4 bridgehead atoms. The second kappa shape index (κ2) is 5.88. The van der Waals surface area contributed by atoms with Crippen LogP contribution in [-0.2, 0) is 16.1 Å². The molecule has 2 N–H and O–H groups in total. The Kier molecular flexibility index (Phi) is 3.68. The van der Waals surface area contributed by atoms with Crippen molar-refractivity contribution >= 4 is 11.8 Å². The molecule has 0 saturated heterocycles. The number of ether oxygens (including phenoxy) is 2. The molecule has 2 atom stereocenters. The Bertz CT molecular complexity index is 791. The van der Waals surface area contributed by atoms with Crippen molar-refractivity contribution < 1.29 is 19.1 Å². The van der Waals surface area contributed by atoms with Crippen molar-refractivity contribution in [2.75, 3.05) is 6.79 Å². The average Bonchev–Trinajstić information content (AvgIpc) is 3.06. The fourth-order valence-electron chi connectivity index (χ4n) is 6.54. The maximum atomic E-state index is 13.3. The van der Waals surface area contributed by atoms with Gasteiger partial charge in [0.15, 0.2) is 11.5 Å². The lowest BCUT2D eigenvalue weighted by molar-refractivity contribution is -0.153. The van der Waals surface area contributed by atoms with Gasteiger partial charge in [-0.2, -0.15) is 0 Å². The van der Waals surface area contributed by atoms with Crippen LogP contribution in [0.15, 0.2) is 18.2 Å². The summed E-state index contributed by atoms with van der Waals surface area (Å²) in [4.78, 5) is 25.1. The molecule has 0 spiro atoms. The molecule has 0 aromatic heterocycles. The van der Waals surface area contributed by atoms with E-state index in [0.717, 1.165) is 49.2 Å². The summed E-state index contributed by atoms with van der Waals surface area (Å²) < 4.78 is 11.0. The number of hydrogen-bond donors (Lipinski definition) is 2. The lowest BCUT2D eigenvalue weighted by atomic mass is 9.46. The van der Waals surface area contributed by atoms with Gasteiger partial charge in [0.25, 0.3) is 0 Å². The van der Waals surface area contributed by atoms with Gasteiger partial charge < -0.3 is 20.1 Å². The first-order chi connectivity index (χ1) is 13.0. The Hall–Kier alpha value is -2.24. The highest BCUT2D eigenvalue weighted by Crippen LogP contribution is 2.61. The van der Waals surface area contributed by atoms with Crippen LogP contribution < -0.4 is 20.1 Å². The summed E-state index contributed by atoms with van der Waals surface area (Å²) in [6, 6.07) is 5.77. The number of carbonyl (C=O) groups is 2. The number of amides is 2. The van der Waals surface area contributed by atoms with E-state index in [1.54, 1.807) is 6.92 Å². The highest BCUT2D eigenvalue weighted by molar-refractivity contribution is 5.84. The number of benzene rings is 1. The molecule has 27 heavy (non-hydrogen) atoms. The van der Waals surface area contributed by atoms with Crippen molar-refractivity contribution in [3.63, 3.8) is 0 Å². The van der Waals surface area contributed by atoms with Gasteiger partial charge in [0.1, 0.15) is 0 Å². The van der Waals surface area contributed by atoms with Crippen molar-refractivity contribution in [2.24, 2.45) is 17.3 Å². The molecular formula is C21H26N2O4. The summed E-state index contributed by atoms with van der Waals surface area (Å²) in [5.74, 6) is 2.70. The fraction of sp³-hybridized carbons (Fsp3) is 0.619. The zero-order valence-corrected chi connectivity index (χ0v) is 15.7. The van der Waals surface area contributed by atoms with E-state index < -0.39 is 0 Å². The molecule has 6 nitrogen and oxygen atoms in total. The molecule has 5 aliphatic rings. The Balaban J connectivity index is 1.34. The Labute approximate surface area is 159 Å². The fourth-order valence-corrected chi connectivity index (χ4v) is 6.54. The van der Waals surface area contributed by atoms with Crippen LogP contribution in [0.1, 0.15) is 51.0 Å². The molecule has 4 aliphatic carbocycles. The minimum Gasteiger partial charge on any atom is -0.454 e. The van der Waals surface area contributed by atoms with E-state index in [9.17, 15) is 9.59 Å². The molecule has 6 heteroatoms. The number of hydrogen-bond acceptors (Lipinski definition) is 4. The van der Waals surface area contributed by atoms with Gasteiger partial charge in [-0.3, -0.25) is 9.59 Å². The zero-order valence-electron chi connectivity index (χ0n) is 15.7. The first-order valence-corrected chi connectivity index (χ1v) is 9.92. The highest BCUT2D eigenvalue weighted by Gasteiger charge is 2.60. The monoisotopic (exact) mass is 370 g/mol. The minimum absolute atomic E-state index is 0.0181. The predicted molar refractivity (Wildman–Crippen MR) is 98.1 cm³/mol. The van der Waals surface area contributed by atoms with Crippen LogP contribution in [0.4, 0.5) is 0 Å². The van der Waals surface area contributed by atoms with Crippen LogP contribution in [0, 0.1) is 17.3 Å². The highest BCUT2D eigenvalue weighted by atomic mass is 16.7. The predicted octanol–water partition coefficient (Wildman–Crippen LogP) is 2.51. The molecule has 1 heterocycles. The van der Waals surface area contributed by atoms with E-state index in [1.807, 2.05) is 18.2 Å². The third kappa shape index (κ3) is 2.77. The van der Waals surface area contributed by atoms with Crippen molar-refractivity contribution in [3.05, 3.63) is 23.8 Å². The summed E-state index contributed by atoms with van der Waals surface area (Å²) in [6.07, 6.45) is 5.91. The van der Waals surface area contributed by atoms with Crippen LogP contribution in [0.3, 0.4) is 0 Å². The van der Waals surface area contributed by atoms with Gasteiger partial charge in [-0.05, 0) is 56.4 Å². The summed E-state index contributed by atoms with van der Waals surface area (Å²) in [5.41, 5.74) is 0.416. The number of fused-ring (bicyclic) bond motifs is 1. The maximum Gasteiger partial charge on any atom is 0.231 e. The molecular weight excluding hydrogens is 344 g/mol. The normalized spacial score (nSPS) is 35.1. The van der Waals surface area contributed by atoms with Crippen LogP contribution in [0.2, 0.25) is 0 Å². The van der Waals surface area contributed by atoms with E-state index in [-0.39, 0.29) is 29.6 Å². The molecule has 6 rings (SSSR count). The molecule has 0 radical (unpaired) electrons. The van der Waals surface area contributed by atoms with Crippen LogP contribution in [-0.4, -0.2) is 24.1 Å². The van der Waals surface area contributed by atoms with Gasteiger partial charge in [0.2, 0.25) is 18.6 Å². The lowest BCUT2D eigenvalue weighted by Crippen LogP contribution is -2.65. The van der Waals surface area contributed by atoms with Crippen molar-refractivity contribution in [2.45, 2.75) is 57.5 Å². The number of carbonyl (C=O) groups excluding carboxylic acids is 2. The summed E-state index contributed by atoms with van der Waals surface area (Å²) in [6.45, 7) is 2.26. The van der Waals surface area contributed by atoms with Crippen LogP contribution in [0.5, 0.6) is 11.5 Å². The second-order valence-corrected chi connectivity index (χ2v) is 9.04. The number of rotatable bonds is 4. The van der Waals surface area contributed by atoms with E-state index in [2.05, 4.69) is 10.6 Å². The molecule has 1 aromatic rings. The molecule has 1 aromatic carbocycles. The van der Waals surface area contributed by atoms with Gasteiger partial charge in [0, 0.05) is 24.6 Å². The van der Waals surface area contributed by atoms with E-state index >= 15 is 0 Å². The van der Waals surface area contributed by atoms with Crippen molar-refractivity contribution in [1.82, 2.24) is 10.6 Å². The smallest absolute Gasteiger partial charge is 0.231 e. The standard InChI is InChI=1S/C21H26N2O4/c1-13(24)23-21-8-14-5-15(9-21)7-20(6-14,11-21)19(25)22-10-16-3-2-4-17-18(16)27-12-26-17/h2-4,14-15H,5-12H2,1H3,(H,22,25)(H,23,24). The zero-order chi connectivity index (χ0) is 18.6. The third-order valence-electron chi connectivity index (χ3n) is 6.90. The van der Waals surface area contributed by atoms with E-state index in [4.69, 9.17) is 9.47 Å². The summed E-state index contributed by atoms with van der Waals surface area (Å²) in [5, 5.41) is 6.39. The first-order valence-electron chi connectivity index (χ1n) is 9.92. The molecule has 4 fully saturated rings.